The molecule has 0 radical (unpaired) electrons. The molecule has 6 rings (SSSR count). The molecule has 202 valence electrons. The summed E-state index contributed by atoms with van der Waals surface area (Å²) in [6, 6.07) is 2.79. The van der Waals surface area contributed by atoms with Crippen molar-refractivity contribution >= 4 is 22.7 Å². The van der Waals surface area contributed by atoms with Gasteiger partial charge in [0.1, 0.15) is 6.10 Å². The normalized spacial score (nSPS) is 25.7. The highest BCUT2D eigenvalue weighted by molar-refractivity contribution is 5.86. The zero-order chi connectivity index (χ0) is 26.4. The molecule has 3 aliphatic rings. The number of rotatable bonds is 6. The maximum atomic E-state index is 12.1. The van der Waals surface area contributed by atoms with E-state index in [2.05, 4.69) is 26.2 Å². The van der Waals surface area contributed by atoms with Crippen molar-refractivity contribution in [2.45, 2.75) is 57.2 Å². The zero-order valence-corrected chi connectivity index (χ0v) is 22.3. The third kappa shape index (κ3) is 4.87. The van der Waals surface area contributed by atoms with Crippen LogP contribution in [0.15, 0.2) is 24.7 Å². The topological polar surface area (TPSA) is 110 Å². The molecule has 1 saturated carbocycles. The van der Waals surface area contributed by atoms with Crippen molar-refractivity contribution in [3.05, 3.63) is 24.7 Å². The summed E-state index contributed by atoms with van der Waals surface area (Å²) in [5, 5.41) is 13.1. The first-order chi connectivity index (χ1) is 18.3. The summed E-state index contributed by atoms with van der Waals surface area (Å²) in [5.74, 6) is 0.935. The monoisotopic (exact) mass is 520 g/mol. The molecule has 1 N–H and O–H groups in total. The Hall–Kier alpha value is -3.47. The number of pyridine rings is 1. The van der Waals surface area contributed by atoms with Gasteiger partial charge < -0.3 is 15.0 Å². The molecular weight excluding hydrogens is 484 g/mol. The number of aryl methyl sites for hydroxylation is 1. The molecule has 2 aliphatic heterocycles. The molecular formula is C27H36N8O3. The van der Waals surface area contributed by atoms with Gasteiger partial charge in [-0.3, -0.25) is 23.9 Å². The first kappa shape index (κ1) is 24.8. The molecule has 3 aromatic rings. The van der Waals surface area contributed by atoms with Crippen LogP contribution in [0, 0.1) is 5.92 Å². The van der Waals surface area contributed by atoms with Gasteiger partial charge in [-0.15, -0.1) is 0 Å². The molecule has 0 spiro atoms. The summed E-state index contributed by atoms with van der Waals surface area (Å²) in [7, 11) is 3.77. The fourth-order valence-electron chi connectivity index (χ4n) is 6.02. The minimum Gasteiger partial charge on any atom is -0.474 e. The Morgan fingerprint density at radius 2 is 1.87 bits per heavy atom. The SMILES string of the molecule is CC(Oc1nc(-c2cnn(C3CCC(N4CCN(C)C(=O)C4)CC3)c2)cc2nn(C)cc12)[C@H]1CNC(=O)C1. The first-order valence-corrected chi connectivity index (χ1v) is 13.6. The van der Waals surface area contributed by atoms with Crippen LogP contribution in [0.25, 0.3) is 22.2 Å². The Morgan fingerprint density at radius 1 is 1.08 bits per heavy atom. The molecule has 2 amide bonds. The maximum Gasteiger partial charge on any atom is 0.236 e. The second-order valence-electron chi connectivity index (χ2n) is 11.1. The van der Waals surface area contributed by atoms with E-state index in [0.29, 0.717) is 37.5 Å². The average molecular weight is 521 g/mol. The fraction of sp³-hybridized carbons (Fsp3) is 0.593. The number of amides is 2. The van der Waals surface area contributed by atoms with Gasteiger partial charge in [0.25, 0.3) is 0 Å². The number of hydrogen-bond donors (Lipinski definition) is 1. The Kier molecular flexibility index (Phi) is 6.55. The third-order valence-electron chi connectivity index (χ3n) is 8.49. The predicted octanol–water partition coefficient (Wildman–Crippen LogP) is 1.99. The molecule has 11 nitrogen and oxygen atoms in total. The van der Waals surface area contributed by atoms with Gasteiger partial charge in [0.2, 0.25) is 17.7 Å². The molecule has 1 aliphatic carbocycles. The van der Waals surface area contributed by atoms with Crippen LogP contribution in [-0.2, 0) is 16.6 Å². The number of piperazine rings is 1. The quantitative estimate of drug-likeness (QED) is 0.529. The lowest BCUT2D eigenvalue weighted by Gasteiger charge is -2.40. The molecule has 2 atom stereocenters. The molecule has 1 unspecified atom stereocenters. The average Bonchev–Trinajstić information content (AvgIpc) is 3.65. The smallest absolute Gasteiger partial charge is 0.236 e. The van der Waals surface area contributed by atoms with E-state index in [9.17, 15) is 9.59 Å². The number of carbonyl (C=O) groups excluding carboxylic acids is 2. The Bertz CT molecular complexity index is 1340. The van der Waals surface area contributed by atoms with Gasteiger partial charge >= 0.3 is 0 Å². The zero-order valence-electron chi connectivity index (χ0n) is 22.3. The molecule has 38 heavy (non-hydrogen) atoms. The fourth-order valence-corrected chi connectivity index (χ4v) is 6.02. The Morgan fingerprint density at radius 3 is 2.61 bits per heavy atom. The minimum absolute atomic E-state index is 0.0668. The molecule has 0 aromatic carbocycles. The first-order valence-electron chi connectivity index (χ1n) is 13.6. The van der Waals surface area contributed by atoms with Gasteiger partial charge in [0.05, 0.1) is 35.4 Å². The van der Waals surface area contributed by atoms with E-state index in [0.717, 1.165) is 60.9 Å². The number of ether oxygens (including phenoxy) is 1. The van der Waals surface area contributed by atoms with Gasteiger partial charge in [-0.25, -0.2) is 4.98 Å². The predicted molar refractivity (Wildman–Crippen MR) is 141 cm³/mol. The van der Waals surface area contributed by atoms with E-state index < -0.39 is 0 Å². The van der Waals surface area contributed by atoms with Crippen molar-refractivity contribution < 1.29 is 14.3 Å². The Balaban J connectivity index is 1.17. The number of likely N-dealkylation sites (N-methyl/N-ethyl adjacent to an activating group) is 1. The molecule has 3 aromatic heterocycles. The van der Waals surface area contributed by atoms with Gasteiger partial charge in [0, 0.05) is 70.1 Å². The molecule has 11 heteroatoms. The molecule has 3 fully saturated rings. The number of nitrogens with one attached hydrogen (secondary N) is 1. The lowest BCUT2D eigenvalue weighted by molar-refractivity contribution is -0.135. The van der Waals surface area contributed by atoms with Crippen LogP contribution in [0.2, 0.25) is 0 Å². The van der Waals surface area contributed by atoms with E-state index in [4.69, 9.17) is 14.8 Å². The molecule has 0 bridgehead atoms. The standard InChI is InChI=1S/C27H36N8O3/c1-17(18-10-25(36)28-12-18)38-27-22-15-33(3)31-24(22)11-23(30-27)19-13-29-35(14-19)21-6-4-20(5-7-21)34-9-8-32(2)26(37)16-34/h11,13-15,17-18,20-21H,4-10,12,16H2,1-3H3,(H,28,36)/t17?,18-,20?,21?/m1/s1. The van der Waals surface area contributed by atoms with Crippen molar-refractivity contribution in [2.24, 2.45) is 13.0 Å². The summed E-state index contributed by atoms with van der Waals surface area (Å²) in [6.45, 7) is 4.93. The second-order valence-corrected chi connectivity index (χ2v) is 11.1. The van der Waals surface area contributed by atoms with E-state index in [1.807, 2.05) is 44.4 Å². The summed E-state index contributed by atoms with van der Waals surface area (Å²) in [4.78, 5) is 32.9. The summed E-state index contributed by atoms with van der Waals surface area (Å²) >= 11 is 0. The highest BCUT2D eigenvalue weighted by Crippen LogP contribution is 2.34. The van der Waals surface area contributed by atoms with Gasteiger partial charge in [-0.1, -0.05) is 0 Å². The second kappa shape index (κ2) is 10.0. The number of hydrogen-bond acceptors (Lipinski definition) is 7. The van der Waals surface area contributed by atoms with Crippen molar-refractivity contribution in [2.75, 3.05) is 33.2 Å². The van der Waals surface area contributed by atoms with Crippen molar-refractivity contribution in [3.8, 4) is 17.1 Å². The number of aromatic nitrogens is 5. The van der Waals surface area contributed by atoms with Crippen molar-refractivity contribution in [1.82, 2.24) is 39.7 Å². The highest BCUT2D eigenvalue weighted by Gasteiger charge is 2.32. The van der Waals surface area contributed by atoms with E-state index in [1.165, 1.54) is 0 Å². The number of carbonyl (C=O) groups is 2. The van der Waals surface area contributed by atoms with Crippen molar-refractivity contribution in [3.63, 3.8) is 0 Å². The summed E-state index contributed by atoms with van der Waals surface area (Å²) in [6.07, 6.45) is 10.4. The largest absolute Gasteiger partial charge is 0.474 e. The minimum atomic E-state index is -0.159. The van der Waals surface area contributed by atoms with Crippen molar-refractivity contribution in [1.29, 1.82) is 0 Å². The van der Waals surface area contributed by atoms with Crippen LogP contribution in [0.3, 0.4) is 0 Å². The molecule has 5 heterocycles. The van der Waals surface area contributed by atoms with E-state index in [-0.39, 0.29) is 23.8 Å². The van der Waals surface area contributed by atoms with Gasteiger partial charge in [0.15, 0.2) is 0 Å². The van der Waals surface area contributed by atoms with Crippen LogP contribution >= 0.6 is 0 Å². The van der Waals surface area contributed by atoms with Crippen LogP contribution in [-0.4, -0.2) is 91.5 Å². The van der Waals surface area contributed by atoms with Crippen LogP contribution < -0.4 is 10.1 Å². The Labute approximate surface area is 222 Å². The van der Waals surface area contributed by atoms with Crippen LogP contribution in [0.4, 0.5) is 0 Å². The number of fused-ring (bicyclic) bond motifs is 1. The summed E-state index contributed by atoms with van der Waals surface area (Å²) in [5.41, 5.74) is 2.52. The molecule has 2 saturated heterocycles. The maximum absolute atomic E-state index is 12.1. The third-order valence-corrected chi connectivity index (χ3v) is 8.49. The van der Waals surface area contributed by atoms with Crippen LogP contribution in [0.5, 0.6) is 5.88 Å². The van der Waals surface area contributed by atoms with E-state index >= 15 is 0 Å². The summed E-state index contributed by atoms with van der Waals surface area (Å²) < 4.78 is 10.2. The highest BCUT2D eigenvalue weighted by atomic mass is 16.5. The number of nitrogens with zero attached hydrogens (tertiary/aromatic N) is 7. The van der Waals surface area contributed by atoms with Gasteiger partial charge in [-0.05, 0) is 38.7 Å². The van der Waals surface area contributed by atoms with E-state index in [1.54, 1.807) is 4.68 Å². The van der Waals surface area contributed by atoms with Gasteiger partial charge in [-0.2, -0.15) is 10.2 Å². The lowest BCUT2D eigenvalue weighted by Crippen LogP contribution is -2.52. The lowest BCUT2D eigenvalue weighted by atomic mass is 9.90. The van der Waals surface area contributed by atoms with Crippen LogP contribution in [0.1, 0.15) is 45.1 Å².